The molecule has 2 heteroatoms. The second kappa shape index (κ2) is 3.91. The van der Waals surface area contributed by atoms with Crippen LogP contribution in [0.15, 0.2) is 24.3 Å². The Hall–Kier alpha value is -1.18. The average Bonchev–Trinajstić information content (AvgIpc) is 3.00. The van der Waals surface area contributed by atoms with Crippen molar-refractivity contribution < 1.29 is 9.18 Å². The van der Waals surface area contributed by atoms with Gasteiger partial charge in [0.2, 0.25) is 0 Å². The smallest absolute Gasteiger partial charge is 0.126 e. The third kappa shape index (κ3) is 2.00. The summed E-state index contributed by atoms with van der Waals surface area (Å²) >= 11 is 0. The van der Waals surface area contributed by atoms with E-state index in [0.717, 1.165) is 19.1 Å². The summed E-state index contributed by atoms with van der Waals surface area (Å²) in [7, 11) is 0. The van der Waals surface area contributed by atoms with Crippen LogP contribution in [-0.4, -0.2) is 6.29 Å². The molecule has 0 heterocycles. The molecule has 1 atom stereocenters. The second-order valence-electron chi connectivity index (χ2n) is 3.93. The lowest BCUT2D eigenvalue weighted by Gasteiger charge is -2.08. The zero-order chi connectivity index (χ0) is 9.97. The van der Waals surface area contributed by atoms with Crippen LogP contribution in [0.1, 0.15) is 18.4 Å². The molecule has 0 saturated heterocycles. The molecule has 1 unspecified atom stereocenters. The molecule has 0 aromatic heterocycles. The highest BCUT2D eigenvalue weighted by Gasteiger charge is 2.31. The molecule has 0 radical (unpaired) electrons. The van der Waals surface area contributed by atoms with Gasteiger partial charge in [-0.1, -0.05) is 18.2 Å². The van der Waals surface area contributed by atoms with E-state index in [2.05, 4.69) is 0 Å². The predicted octanol–water partition coefficient (Wildman–Crippen LogP) is 2.59. The van der Waals surface area contributed by atoms with Crippen LogP contribution >= 0.6 is 0 Å². The first-order chi connectivity index (χ1) is 6.81. The minimum atomic E-state index is -0.194. The molecule has 0 amide bonds. The molecule has 14 heavy (non-hydrogen) atoms. The Bertz CT molecular complexity index is 331. The van der Waals surface area contributed by atoms with Crippen LogP contribution in [0.4, 0.5) is 4.39 Å². The van der Waals surface area contributed by atoms with Crippen molar-refractivity contribution in [2.24, 2.45) is 11.8 Å². The number of aldehydes is 1. The van der Waals surface area contributed by atoms with Crippen molar-refractivity contribution in [3.05, 3.63) is 35.6 Å². The Balaban J connectivity index is 2.08. The maximum absolute atomic E-state index is 13.3. The van der Waals surface area contributed by atoms with Crippen LogP contribution in [0.5, 0.6) is 0 Å². The van der Waals surface area contributed by atoms with Crippen molar-refractivity contribution in [2.45, 2.75) is 19.3 Å². The lowest BCUT2D eigenvalue weighted by Crippen LogP contribution is -2.09. The maximum Gasteiger partial charge on any atom is 0.126 e. The van der Waals surface area contributed by atoms with Crippen LogP contribution < -0.4 is 0 Å². The molecule has 0 spiro atoms. The fourth-order valence-electron chi connectivity index (χ4n) is 1.77. The van der Waals surface area contributed by atoms with Gasteiger partial charge < -0.3 is 4.79 Å². The van der Waals surface area contributed by atoms with Gasteiger partial charge >= 0.3 is 0 Å². The summed E-state index contributed by atoms with van der Waals surface area (Å²) in [5.41, 5.74) is 0.663. The molecule has 0 aliphatic heterocycles. The van der Waals surface area contributed by atoms with Crippen molar-refractivity contribution >= 4 is 6.29 Å². The highest BCUT2D eigenvalue weighted by Crippen LogP contribution is 2.37. The van der Waals surface area contributed by atoms with E-state index in [1.807, 2.05) is 6.07 Å². The lowest BCUT2D eigenvalue weighted by molar-refractivity contribution is -0.111. The predicted molar refractivity (Wildman–Crippen MR) is 52.4 cm³/mol. The normalized spacial score (nSPS) is 17.8. The number of rotatable bonds is 4. The SMILES string of the molecule is O=CC(Cc1ccccc1F)C1CC1. The summed E-state index contributed by atoms with van der Waals surface area (Å²) in [6, 6.07) is 6.69. The van der Waals surface area contributed by atoms with Crippen LogP contribution in [0, 0.1) is 17.7 Å². The van der Waals surface area contributed by atoms with Gasteiger partial charge in [-0.3, -0.25) is 0 Å². The molecular formula is C12H13FO. The summed E-state index contributed by atoms with van der Waals surface area (Å²) in [5.74, 6) is 0.332. The molecule has 0 N–H and O–H groups in total. The lowest BCUT2D eigenvalue weighted by atomic mass is 9.96. The molecule has 1 nitrogen and oxygen atoms in total. The van der Waals surface area contributed by atoms with E-state index in [1.54, 1.807) is 12.1 Å². The van der Waals surface area contributed by atoms with E-state index in [9.17, 15) is 9.18 Å². The molecular weight excluding hydrogens is 179 g/mol. The quantitative estimate of drug-likeness (QED) is 0.670. The van der Waals surface area contributed by atoms with Crippen molar-refractivity contribution in [1.82, 2.24) is 0 Å². The monoisotopic (exact) mass is 192 g/mol. The zero-order valence-corrected chi connectivity index (χ0v) is 7.95. The fourth-order valence-corrected chi connectivity index (χ4v) is 1.77. The van der Waals surface area contributed by atoms with E-state index in [0.29, 0.717) is 17.9 Å². The minimum absolute atomic E-state index is 0.0203. The van der Waals surface area contributed by atoms with Gasteiger partial charge in [0.15, 0.2) is 0 Å². The van der Waals surface area contributed by atoms with Gasteiger partial charge in [0.05, 0.1) is 0 Å². The standard InChI is InChI=1S/C12H13FO/c13-12-4-2-1-3-10(12)7-11(8-14)9-5-6-9/h1-4,8-9,11H,5-7H2. The largest absolute Gasteiger partial charge is 0.303 e. The molecule has 1 aliphatic rings. The zero-order valence-electron chi connectivity index (χ0n) is 7.95. The van der Waals surface area contributed by atoms with E-state index in [4.69, 9.17) is 0 Å². The first-order valence-electron chi connectivity index (χ1n) is 5.00. The van der Waals surface area contributed by atoms with Crippen LogP contribution in [0.25, 0.3) is 0 Å². The van der Waals surface area contributed by atoms with Gasteiger partial charge in [-0.25, -0.2) is 4.39 Å². The molecule has 1 aromatic carbocycles. The Morgan fingerprint density at radius 2 is 2.14 bits per heavy atom. The van der Waals surface area contributed by atoms with E-state index >= 15 is 0 Å². The summed E-state index contributed by atoms with van der Waals surface area (Å²) < 4.78 is 13.3. The summed E-state index contributed by atoms with van der Waals surface area (Å²) in [4.78, 5) is 10.8. The Kier molecular flexibility index (Phi) is 2.62. The second-order valence-corrected chi connectivity index (χ2v) is 3.93. The summed E-state index contributed by atoms with van der Waals surface area (Å²) in [5, 5.41) is 0. The molecule has 1 aromatic rings. The number of halogens is 1. The molecule has 0 bridgehead atoms. The molecule has 1 saturated carbocycles. The molecule has 74 valence electrons. The summed E-state index contributed by atoms with van der Waals surface area (Å²) in [6.07, 6.45) is 3.78. The highest BCUT2D eigenvalue weighted by atomic mass is 19.1. The third-order valence-corrected chi connectivity index (χ3v) is 2.82. The van der Waals surface area contributed by atoms with Gasteiger partial charge in [0, 0.05) is 5.92 Å². The van der Waals surface area contributed by atoms with Crippen LogP contribution in [-0.2, 0) is 11.2 Å². The summed E-state index contributed by atoms with van der Waals surface area (Å²) in [6.45, 7) is 0. The number of hydrogen-bond acceptors (Lipinski definition) is 1. The number of carbonyl (C=O) groups excluding carboxylic acids is 1. The van der Waals surface area contributed by atoms with Crippen molar-refractivity contribution in [2.75, 3.05) is 0 Å². The van der Waals surface area contributed by atoms with Crippen molar-refractivity contribution in [3.8, 4) is 0 Å². The highest BCUT2D eigenvalue weighted by molar-refractivity contribution is 5.55. The molecule has 2 rings (SSSR count). The topological polar surface area (TPSA) is 17.1 Å². The maximum atomic E-state index is 13.3. The number of carbonyl (C=O) groups is 1. The van der Waals surface area contributed by atoms with Gasteiger partial charge in [-0.2, -0.15) is 0 Å². The van der Waals surface area contributed by atoms with E-state index in [-0.39, 0.29) is 11.7 Å². The van der Waals surface area contributed by atoms with Gasteiger partial charge in [0.25, 0.3) is 0 Å². The first-order valence-corrected chi connectivity index (χ1v) is 5.00. The van der Waals surface area contributed by atoms with Gasteiger partial charge in [-0.05, 0) is 36.8 Å². The van der Waals surface area contributed by atoms with Crippen LogP contribution in [0.3, 0.4) is 0 Å². The Labute approximate surface area is 82.9 Å². The average molecular weight is 192 g/mol. The molecule has 1 fully saturated rings. The Morgan fingerprint density at radius 1 is 1.43 bits per heavy atom. The number of benzene rings is 1. The minimum Gasteiger partial charge on any atom is -0.303 e. The molecule has 1 aliphatic carbocycles. The van der Waals surface area contributed by atoms with Gasteiger partial charge in [-0.15, -0.1) is 0 Å². The first kappa shape index (κ1) is 9.38. The van der Waals surface area contributed by atoms with E-state index < -0.39 is 0 Å². The fraction of sp³-hybridized carbons (Fsp3) is 0.417. The van der Waals surface area contributed by atoms with Crippen molar-refractivity contribution in [3.63, 3.8) is 0 Å². The number of hydrogen-bond donors (Lipinski definition) is 0. The van der Waals surface area contributed by atoms with E-state index in [1.165, 1.54) is 6.07 Å². The van der Waals surface area contributed by atoms with Crippen LogP contribution in [0.2, 0.25) is 0 Å². The Morgan fingerprint density at radius 3 is 2.71 bits per heavy atom. The third-order valence-electron chi connectivity index (χ3n) is 2.82. The van der Waals surface area contributed by atoms with Gasteiger partial charge in [0.1, 0.15) is 12.1 Å². The van der Waals surface area contributed by atoms with Crippen molar-refractivity contribution in [1.29, 1.82) is 0 Å².